The number of carbonyl (C=O) groups excluding carboxylic acids is 1. The van der Waals surface area contributed by atoms with Gasteiger partial charge in [0, 0.05) is 19.1 Å². The molecule has 0 bridgehead atoms. The second kappa shape index (κ2) is 7.13. The number of likely N-dealkylation sites (tertiary alicyclic amines) is 1. The third-order valence-electron chi connectivity index (χ3n) is 3.58. The molecule has 1 heterocycles. The van der Waals surface area contributed by atoms with E-state index in [1.807, 2.05) is 0 Å². The van der Waals surface area contributed by atoms with E-state index in [2.05, 4.69) is 5.32 Å². The molecule has 1 aromatic carbocycles. The summed E-state index contributed by atoms with van der Waals surface area (Å²) in [7, 11) is 1.79. The summed E-state index contributed by atoms with van der Waals surface area (Å²) < 4.78 is 38.8. The molecule has 1 fully saturated rings. The average molecular weight is 323 g/mol. The Hall–Kier alpha value is -1.27. The lowest BCUT2D eigenvalue weighted by Crippen LogP contribution is -2.47. The highest BCUT2D eigenvalue weighted by Gasteiger charge is 2.36. The number of alkyl halides is 3. The average Bonchev–Trinajstić information content (AvgIpc) is 2.45. The molecule has 0 saturated carbocycles. The van der Waals surface area contributed by atoms with Crippen molar-refractivity contribution in [2.75, 3.05) is 20.1 Å². The maximum Gasteiger partial charge on any atom is 0.417 e. The van der Waals surface area contributed by atoms with Crippen LogP contribution in [0.4, 0.5) is 13.2 Å². The van der Waals surface area contributed by atoms with Crippen molar-refractivity contribution in [3.63, 3.8) is 0 Å². The van der Waals surface area contributed by atoms with E-state index in [0.29, 0.717) is 13.1 Å². The van der Waals surface area contributed by atoms with E-state index in [4.69, 9.17) is 0 Å². The van der Waals surface area contributed by atoms with E-state index in [0.717, 1.165) is 18.9 Å². The van der Waals surface area contributed by atoms with Gasteiger partial charge in [-0.3, -0.25) is 4.79 Å². The van der Waals surface area contributed by atoms with Crippen molar-refractivity contribution in [1.82, 2.24) is 10.2 Å². The Bertz CT molecular complexity index is 493. The SMILES string of the molecule is CN[C@H]1CCCN(C(=O)c2ccccc2C(F)(F)F)C1.Cl. The lowest BCUT2D eigenvalue weighted by molar-refractivity contribution is -0.138. The van der Waals surface area contributed by atoms with E-state index in [-0.39, 0.29) is 24.0 Å². The molecule has 1 atom stereocenters. The van der Waals surface area contributed by atoms with E-state index in [1.165, 1.54) is 23.1 Å². The Morgan fingerprint density at radius 1 is 1.33 bits per heavy atom. The van der Waals surface area contributed by atoms with Crippen LogP contribution in [0.5, 0.6) is 0 Å². The summed E-state index contributed by atoms with van der Waals surface area (Å²) in [6.07, 6.45) is -2.78. The molecule has 118 valence electrons. The number of piperidine rings is 1. The molecule has 7 heteroatoms. The predicted octanol–water partition coefficient (Wildman–Crippen LogP) is 2.95. The summed E-state index contributed by atoms with van der Waals surface area (Å²) >= 11 is 0. The zero-order chi connectivity index (χ0) is 14.8. The first-order valence-electron chi connectivity index (χ1n) is 6.56. The van der Waals surface area contributed by atoms with Crippen LogP contribution in [0.25, 0.3) is 0 Å². The first-order valence-corrected chi connectivity index (χ1v) is 6.56. The number of nitrogens with zero attached hydrogens (tertiary/aromatic N) is 1. The van der Waals surface area contributed by atoms with Crippen molar-refractivity contribution < 1.29 is 18.0 Å². The van der Waals surface area contributed by atoms with Gasteiger partial charge < -0.3 is 10.2 Å². The second-order valence-electron chi connectivity index (χ2n) is 4.92. The van der Waals surface area contributed by atoms with Gasteiger partial charge in [0.15, 0.2) is 0 Å². The number of benzene rings is 1. The third kappa shape index (κ3) is 4.11. The summed E-state index contributed by atoms with van der Waals surface area (Å²) in [5, 5.41) is 3.07. The van der Waals surface area contributed by atoms with Crippen LogP contribution >= 0.6 is 12.4 Å². The monoisotopic (exact) mass is 322 g/mol. The van der Waals surface area contributed by atoms with Crippen molar-refractivity contribution in [1.29, 1.82) is 0 Å². The highest BCUT2D eigenvalue weighted by atomic mass is 35.5. The molecule has 1 N–H and O–H groups in total. The highest BCUT2D eigenvalue weighted by Crippen LogP contribution is 2.32. The Kier molecular flexibility index (Phi) is 6.04. The maximum atomic E-state index is 12.9. The van der Waals surface area contributed by atoms with Gasteiger partial charge in [0.2, 0.25) is 0 Å². The van der Waals surface area contributed by atoms with Crippen molar-refractivity contribution in [3.8, 4) is 0 Å². The number of halogens is 4. The van der Waals surface area contributed by atoms with Crippen LogP contribution in [0.15, 0.2) is 24.3 Å². The fourth-order valence-electron chi connectivity index (χ4n) is 2.48. The molecule has 1 aliphatic rings. The number of amides is 1. The smallest absolute Gasteiger partial charge is 0.337 e. The summed E-state index contributed by atoms with van der Waals surface area (Å²) in [6.45, 7) is 0.949. The number of carbonyl (C=O) groups is 1. The van der Waals surface area contributed by atoms with Gasteiger partial charge in [0.05, 0.1) is 11.1 Å². The summed E-state index contributed by atoms with van der Waals surface area (Å²) in [4.78, 5) is 13.8. The van der Waals surface area contributed by atoms with Crippen molar-refractivity contribution in [2.45, 2.75) is 25.1 Å². The zero-order valence-corrected chi connectivity index (χ0v) is 12.4. The molecule has 0 spiro atoms. The standard InChI is InChI=1S/C14H17F3N2O.ClH/c1-18-10-5-4-8-19(9-10)13(20)11-6-2-3-7-12(11)14(15,16)17;/h2-3,6-7,10,18H,4-5,8-9H2,1H3;1H/t10-;/m0./s1. The maximum absolute atomic E-state index is 12.9. The van der Waals surface area contributed by atoms with Gasteiger partial charge in [-0.2, -0.15) is 13.2 Å². The molecule has 2 rings (SSSR count). The van der Waals surface area contributed by atoms with Gasteiger partial charge in [-0.1, -0.05) is 12.1 Å². The van der Waals surface area contributed by atoms with Gasteiger partial charge in [0.25, 0.3) is 5.91 Å². The Morgan fingerprint density at radius 2 is 2.00 bits per heavy atom. The zero-order valence-electron chi connectivity index (χ0n) is 11.6. The molecule has 21 heavy (non-hydrogen) atoms. The molecule has 0 unspecified atom stereocenters. The van der Waals surface area contributed by atoms with Crippen LogP contribution in [-0.2, 0) is 6.18 Å². The minimum Gasteiger partial charge on any atom is -0.337 e. The van der Waals surface area contributed by atoms with E-state index in [9.17, 15) is 18.0 Å². The molecule has 0 aromatic heterocycles. The van der Waals surface area contributed by atoms with Gasteiger partial charge in [0.1, 0.15) is 0 Å². The molecule has 1 amide bonds. The fourth-order valence-corrected chi connectivity index (χ4v) is 2.48. The van der Waals surface area contributed by atoms with Crippen molar-refractivity contribution >= 4 is 18.3 Å². The first kappa shape index (κ1) is 17.8. The topological polar surface area (TPSA) is 32.3 Å². The Balaban J connectivity index is 0.00000220. The van der Waals surface area contributed by atoms with Crippen LogP contribution in [-0.4, -0.2) is 37.0 Å². The molecule has 0 radical (unpaired) electrons. The molecule has 1 aliphatic heterocycles. The predicted molar refractivity (Wildman–Crippen MR) is 76.7 cm³/mol. The Morgan fingerprint density at radius 3 is 2.62 bits per heavy atom. The largest absolute Gasteiger partial charge is 0.417 e. The quantitative estimate of drug-likeness (QED) is 0.908. The molecular weight excluding hydrogens is 305 g/mol. The van der Waals surface area contributed by atoms with Crippen LogP contribution in [0, 0.1) is 0 Å². The molecular formula is C14H18ClF3N2O. The number of likely N-dealkylation sites (N-methyl/N-ethyl adjacent to an activating group) is 1. The molecule has 0 aliphatic carbocycles. The molecule has 1 aromatic rings. The normalized spacial score (nSPS) is 19.0. The first-order chi connectivity index (χ1) is 9.43. The minimum atomic E-state index is -4.51. The van der Waals surface area contributed by atoms with Crippen LogP contribution in [0.2, 0.25) is 0 Å². The highest BCUT2D eigenvalue weighted by molar-refractivity contribution is 5.96. The van der Waals surface area contributed by atoms with Gasteiger partial charge in [-0.25, -0.2) is 0 Å². The number of hydrogen-bond donors (Lipinski definition) is 1. The number of hydrogen-bond acceptors (Lipinski definition) is 2. The number of rotatable bonds is 2. The lowest BCUT2D eigenvalue weighted by atomic mass is 10.0. The van der Waals surface area contributed by atoms with Gasteiger partial charge >= 0.3 is 6.18 Å². The van der Waals surface area contributed by atoms with Gasteiger partial charge in [-0.05, 0) is 32.0 Å². The lowest BCUT2D eigenvalue weighted by Gasteiger charge is -2.33. The third-order valence-corrected chi connectivity index (χ3v) is 3.58. The van der Waals surface area contributed by atoms with Crippen LogP contribution < -0.4 is 5.32 Å². The Labute approximate surface area is 127 Å². The summed E-state index contributed by atoms with van der Waals surface area (Å²) in [5.74, 6) is -0.544. The van der Waals surface area contributed by atoms with Crippen molar-refractivity contribution in [3.05, 3.63) is 35.4 Å². The molecule has 1 saturated heterocycles. The van der Waals surface area contributed by atoms with Crippen LogP contribution in [0.3, 0.4) is 0 Å². The fraction of sp³-hybridized carbons (Fsp3) is 0.500. The van der Waals surface area contributed by atoms with Crippen LogP contribution in [0.1, 0.15) is 28.8 Å². The summed E-state index contributed by atoms with van der Waals surface area (Å²) in [6, 6.07) is 5.10. The van der Waals surface area contributed by atoms with E-state index >= 15 is 0 Å². The second-order valence-corrected chi connectivity index (χ2v) is 4.92. The summed E-state index contributed by atoms with van der Waals surface area (Å²) in [5.41, 5.74) is -1.13. The van der Waals surface area contributed by atoms with Crippen molar-refractivity contribution in [2.24, 2.45) is 0 Å². The van der Waals surface area contributed by atoms with Gasteiger partial charge in [-0.15, -0.1) is 12.4 Å². The number of nitrogens with one attached hydrogen (secondary N) is 1. The molecule has 3 nitrogen and oxygen atoms in total. The van der Waals surface area contributed by atoms with E-state index in [1.54, 1.807) is 7.05 Å². The minimum absolute atomic E-state index is 0. The van der Waals surface area contributed by atoms with E-state index < -0.39 is 17.6 Å².